The van der Waals surface area contributed by atoms with E-state index >= 15 is 0 Å². The minimum Gasteiger partial charge on any atom is -0.485 e. The highest BCUT2D eigenvalue weighted by atomic mass is 35.5. The number of nitrogens with one attached hydrogen (secondary N) is 1. The number of ether oxygens (including phenoxy) is 1. The molecule has 0 radical (unpaired) electrons. The summed E-state index contributed by atoms with van der Waals surface area (Å²) in [7, 11) is 0. The minimum absolute atomic E-state index is 0.222. The van der Waals surface area contributed by atoms with Crippen LogP contribution >= 0.6 is 11.6 Å². The number of aromatic nitrogens is 2. The molecule has 2 heterocycles. The van der Waals surface area contributed by atoms with Gasteiger partial charge in [-0.1, -0.05) is 11.6 Å². The lowest BCUT2D eigenvalue weighted by atomic mass is 10.2. The Balaban J connectivity index is 1.63. The van der Waals surface area contributed by atoms with Crippen molar-refractivity contribution in [2.45, 2.75) is 33.9 Å². The van der Waals surface area contributed by atoms with Crippen LogP contribution in [0.4, 0.5) is 5.69 Å². The molecule has 0 atom stereocenters. The molecule has 136 valence electrons. The zero-order valence-corrected chi connectivity index (χ0v) is 15.6. The van der Waals surface area contributed by atoms with Gasteiger partial charge in [-0.2, -0.15) is 5.10 Å². The van der Waals surface area contributed by atoms with Crippen LogP contribution in [-0.2, 0) is 13.2 Å². The highest BCUT2D eigenvalue weighted by molar-refractivity contribution is 6.30. The Morgan fingerprint density at radius 1 is 1.31 bits per heavy atom. The lowest BCUT2D eigenvalue weighted by molar-refractivity contribution is 0.0992. The molecule has 0 aliphatic carbocycles. The van der Waals surface area contributed by atoms with Gasteiger partial charge in [-0.15, -0.1) is 0 Å². The Bertz CT molecular complexity index is 930. The Morgan fingerprint density at radius 2 is 2.12 bits per heavy atom. The van der Waals surface area contributed by atoms with Crippen molar-refractivity contribution in [3.05, 3.63) is 64.3 Å². The van der Waals surface area contributed by atoms with Gasteiger partial charge in [0.1, 0.15) is 18.1 Å². The van der Waals surface area contributed by atoms with Crippen LogP contribution in [0.1, 0.15) is 34.5 Å². The van der Waals surface area contributed by atoms with Gasteiger partial charge in [0, 0.05) is 11.6 Å². The third-order valence-corrected chi connectivity index (χ3v) is 4.28. The average Bonchev–Trinajstić information content (AvgIpc) is 3.22. The number of anilines is 1. The van der Waals surface area contributed by atoms with Gasteiger partial charge < -0.3 is 14.5 Å². The molecule has 2 aromatic heterocycles. The molecule has 0 aliphatic rings. The second-order valence-electron chi connectivity index (χ2n) is 5.88. The third kappa shape index (κ3) is 3.91. The largest absolute Gasteiger partial charge is 0.485 e. The number of benzene rings is 1. The van der Waals surface area contributed by atoms with E-state index in [0.717, 1.165) is 23.6 Å². The van der Waals surface area contributed by atoms with Gasteiger partial charge in [-0.05, 0) is 56.7 Å². The van der Waals surface area contributed by atoms with Crippen LogP contribution in [0.3, 0.4) is 0 Å². The monoisotopic (exact) mass is 373 g/mol. The summed E-state index contributed by atoms with van der Waals surface area (Å²) in [6.07, 6.45) is 1.63. The molecule has 3 aromatic rings. The summed E-state index contributed by atoms with van der Waals surface area (Å²) >= 11 is 5.94. The van der Waals surface area contributed by atoms with Gasteiger partial charge in [0.2, 0.25) is 0 Å². The number of aryl methyl sites for hydroxylation is 2. The first-order valence-corrected chi connectivity index (χ1v) is 8.67. The molecule has 0 fully saturated rings. The number of carbonyl (C=O) groups excluding carboxylic acids is 1. The van der Waals surface area contributed by atoms with Gasteiger partial charge in [-0.25, -0.2) is 0 Å². The zero-order chi connectivity index (χ0) is 18.7. The maximum absolute atomic E-state index is 12.3. The molecular formula is C19H20ClN3O3. The number of furan rings is 1. The number of rotatable bonds is 6. The maximum atomic E-state index is 12.3. The predicted molar refractivity (Wildman–Crippen MR) is 99.8 cm³/mol. The molecule has 3 rings (SSSR count). The molecule has 7 heteroatoms. The number of hydrogen-bond donors (Lipinski definition) is 1. The van der Waals surface area contributed by atoms with E-state index < -0.39 is 0 Å². The molecule has 1 aromatic carbocycles. The van der Waals surface area contributed by atoms with E-state index in [2.05, 4.69) is 10.4 Å². The first kappa shape index (κ1) is 18.1. The van der Waals surface area contributed by atoms with Gasteiger partial charge in [-0.3, -0.25) is 9.48 Å². The topological polar surface area (TPSA) is 69.3 Å². The second-order valence-corrected chi connectivity index (χ2v) is 6.31. The van der Waals surface area contributed by atoms with Crippen molar-refractivity contribution in [2.24, 2.45) is 0 Å². The van der Waals surface area contributed by atoms with E-state index in [-0.39, 0.29) is 18.3 Å². The lowest BCUT2D eigenvalue weighted by Gasteiger charge is -2.07. The van der Waals surface area contributed by atoms with E-state index in [1.807, 2.05) is 37.6 Å². The predicted octanol–water partition coefficient (Wildman–Crippen LogP) is 4.60. The lowest BCUT2D eigenvalue weighted by Crippen LogP contribution is -2.11. The van der Waals surface area contributed by atoms with Crippen molar-refractivity contribution in [2.75, 3.05) is 5.32 Å². The molecule has 0 saturated carbocycles. The molecule has 1 N–H and O–H groups in total. The summed E-state index contributed by atoms with van der Waals surface area (Å²) in [5, 5.41) is 7.68. The molecule has 0 bridgehead atoms. The first-order chi connectivity index (χ1) is 12.5. The number of nitrogens with zero attached hydrogens (tertiary/aromatic N) is 2. The Morgan fingerprint density at radius 3 is 2.81 bits per heavy atom. The molecule has 26 heavy (non-hydrogen) atoms. The van der Waals surface area contributed by atoms with Crippen LogP contribution < -0.4 is 10.1 Å². The molecule has 0 aliphatic heterocycles. The van der Waals surface area contributed by atoms with Crippen molar-refractivity contribution in [3.8, 4) is 5.75 Å². The normalized spacial score (nSPS) is 10.8. The van der Waals surface area contributed by atoms with Gasteiger partial charge in [0.05, 0.1) is 17.6 Å². The highest BCUT2D eigenvalue weighted by Gasteiger charge is 2.15. The van der Waals surface area contributed by atoms with Crippen molar-refractivity contribution in [1.82, 2.24) is 9.78 Å². The summed E-state index contributed by atoms with van der Waals surface area (Å²) in [4.78, 5) is 12.3. The molecular weight excluding hydrogens is 354 g/mol. The van der Waals surface area contributed by atoms with E-state index in [1.54, 1.807) is 24.4 Å². The fourth-order valence-electron chi connectivity index (χ4n) is 2.57. The van der Waals surface area contributed by atoms with E-state index in [4.69, 9.17) is 20.8 Å². The average molecular weight is 374 g/mol. The van der Waals surface area contributed by atoms with Crippen LogP contribution in [0.2, 0.25) is 5.02 Å². The van der Waals surface area contributed by atoms with Gasteiger partial charge >= 0.3 is 0 Å². The maximum Gasteiger partial charge on any atom is 0.291 e. The zero-order valence-electron chi connectivity index (χ0n) is 14.9. The van der Waals surface area contributed by atoms with E-state index in [0.29, 0.717) is 16.5 Å². The summed E-state index contributed by atoms with van der Waals surface area (Å²) in [6.45, 7) is 6.78. The van der Waals surface area contributed by atoms with Crippen molar-refractivity contribution >= 4 is 23.2 Å². The smallest absolute Gasteiger partial charge is 0.291 e. The standard InChI is InChI=1S/C19H20ClN3O3/c1-4-23-13(3)16(10-21-23)22-19(24)18-8-6-15(26-18)11-25-17-7-5-14(20)9-12(17)2/h5-10H,4,11H2,1-3H3,(H,22,24). The van der Waals surface area contributed by atoms with Gasteiger partial charge in [0.15, 0.2) is 5.76 Å². The summed E-state index contributed by atoms with van der Waals surface area (Å²) in [5.74, 6) is 1.18. The first-order valence-electron chi connectivity index (χ1n) is 8.29. The van der Waals surface area contributed by atoms with Crippen LogP contribution in [-0.4, -0.2) is 15.7 Å². The summed E-state index contributed by atoms with van der Waals surface area (Å²) in [5.41, 5.74) is 2.50. The Kier molecular flexibility index (Phi) is 5.32. The Hall–Kier alpha value is -2.73. The molecule has 6 nitrogen and oxygen atoms in total. The Labute approximate surface area is 156 Å². The molecule has 0 unspecified atom stereocenters. The fourth-order valence-corrected chi connectivity index (χ4v) is 2.80. The third-order valence-electron chi connectivity index (χ3n) is 4.04. The van der Waals surface area contributed by atoms with Crippen LogP contribution in [0.15, 0.2) is 40.9 Å². The quantitative estimate of drug-likeness (QED) is 0.685. The number of carbonyl (C=O) groups is 1. The van der Waals surface area contributed by atoms with E-state index in [9.17, 15) is 4.79 Å². The number of halogens is 1. The highest BCUT2D eigenvalue weighted by Crippen LogP contribution is 2.23. The number of amides is 1. The molecule has 0 spiro atoms. The second kappa shape index (κ2) is 7.66. The van der Waals surface area contributed by atoms with Gasteiger partial charge in [0.25, 0.3) is 5.91 Å². The fraction of sp³-hybridized carbons (Fsp3) is 0.263. The van der Waals surface area contributed by atoms with Crippen molar-refractivity contribution < 1.29 is 13.9 Å². The minimum atomic E-state index is -0.322. The van der Waals surface area contributed by atoms with Crippen LogP contribution in [0.25, 0.3) is 0 Å². The van der Waals surface area contributed by atoms with Crippen molar-refractivity contribution in [1.29, 1.82) is 0 Å². The summed E-state index contributed by atoms with van der Waals surface area (Å²) in [6, 6.07) is 8.76. The number of hydrogen-bond acceptors (Lipinski definition) is 4. The van der Waals surface area contributed by atoms with E-state index in [1.165, 1.54) is 0 Å². The molecule has 1 amide bonds. The van der Waals surface area contributed by atoms with Crippen LogP contribution in [0.5, 0.6) is 5.75 Å². The van der Waals surface area contributed by atoms with Crippen molar-refractivity contribution in [3.63, 3.8) is 0 Å². The van der Waals surface area contributed by atoms with Crippen LogP contribution in [0, 0.1) is 13.8 Å². The molecule has 0 saturated heterocycles. The SMILES string of the molecule is CCn1ncc(NC(=O)c2ccc(COc3ccc(Cl)cc3C)o2)c1C. The summed E-state index contributed by atoms with van der Waals surface area (Å²) < 4.78 is 13.1.